The Morgan fingerprint density at radius 1 is 1.39 bits per heavy atom. The minimum atomic E-state index is 0. The largest absolute Gasteiger partial charge is 0.350 e. The Balaban J connectivity index is 0.00000120. The van der Waals surface area contributed by atoms with Gasteiger partial charge in [0.25, 0.3) is 0 Å². The number of hydrogen-bond donors (Lipinski definition) is 3. The lowest BCUT2D eigenvalue weighted by Gasteiger charge is -2.11. The first-order valence-electron chi connectivity index (χ1n) is 5.71. The molecule has 1 fully saturated rings. The van der Waals surface area contributed by atoms with Gasteiger partial charge in [0.1, 0.15) is 0 Å². The molecular formula is C11H15ClN6. The third kappa shape index (κ3) is 2.77. The molecule has 3 heterocycles. The van der Waals surface area contributed by atoms with Crippen molar-refractivity contribution in [1.29, 1.82) is 0 Å². The van der Waals surface area contributed by atoms with Crippen molar-refractivity contribution in [2.24, 2.45) is 0 Å². The number of anilines is 1. The maximum atomic E-state index is 4.47. The molecule has 6 nitrogen and oxygen atoms in total. The van der Waals surface area contributed by atoms with Crippen LogP contribution in [0.5, 0.6) is 0 Å². The van der Waals surface area contributed by atoms with Crippen LogP contribution in [0, 0.1) is 0 Å². The second-order valence-electron chi connectivity index (χ2n) is 4.09. The summed E-state index contributed by atoms with van der Waals surface area (Å²) in [7, 11) is 0. The van der Waals surface area contributed by atoms with Crippen LogP contribution in [0.1, 0.15) is 6.42 Å². The average molecular weight is 267 g/mol. The molecule has 7 heteroatoms. The van der Waals surface area contributed by atoms with Gasteiger partial charge in [0.2, 0.25) is 5.95 Å². The van der Waals surface area contributed by atoms with Crippen molar-refractivity contribution in [1.82, 2.24) is 25.5 Å². The van der Waals surface area contributed by atoms with E-state index in [-0.39, 0.29) is 12.4 Å². The van der Waals surface area contributed by atoms with Crippen molar-refractivity contribution < 1.29 is 0 Å². The summed E-state index contributed by atoms with van der Waals surface area (Å²) >= 11 is 0. The van der Waals surface area contributed by atoms with Crippen molar-refractivity contribution in [3.8, 4) is 11.3 Å². The Morgan fingerprint density at radius 3 is 3.06 bits per heavy atom. The van der Waals surface area contributed by atoms with Crippen LogP contribution >= 0.6 is 12.4 Å². The van der Waals surface area contributed by atoms with Gasteiger partial charge in [-0.05, 0) is 19.0 Å². The molecule has 3 N–H and O–H groups in total. The summed E-state index contributed by atoms with van der Waals surface area (Å²) in [5.41, 5.74) is 1.85. The summed E-state index contributed by atoms with van der Waals surface area (Å²) in [4.78, 5) is 8.70. The fourth-order valence-electron chi connectivity index (χ4n) is 1.94. The van der Waals surface area contributed by atoms with E-state index in [0.717, 1.165) is 30.8 Å². The van der Waals surface area contributed by atoms with Crippen LogP contribution in [0.4, 0.5) is 5.95 Å². The lowest BCUT2D eigenvalue weighted by Crippen LogP contribution is -2.23. The van der Waals surface area contributed by atoms with Crippen molar-refractivity contribution in [3.63, 3.8) is 0 Å². The zero-order valence-corrected chi connectivity index (χ0v) is 10.6. The number of H-pyrrole nitrogens is 1. The number of halogens is 1. The van der Waals surface area contributed by atoms with Gasteiger partial charge >= 0.3 is 0 Å². The van der Waals surface area contributed by atoms with Crippen molar-refractivity contribution in [2.75, 3.05) is 18.4 Å². The smallest absolute Gasteiger partial charge is 0.223 e. The van der Waals surface area contributed by atoms with E-state index in [9.17, 15) is 0 Å². The minimum Gasteiger partial charge on any atom is -0.350 e. The van der Waals surface area contributed by atoms with E-state index in [1.807, 2.05) is 12.3 Å². The number of hydrogen-bond acceptors (Lipinski definition) is 5. The lowest BCUT2D eigenvalue weighted by atomic mass is 10.2. The summed E-state index contributed by atoms with van der Waals surface area (Å²) in [6.07, 6.45) is 6.45. The highest BCUT2D eigenvalue weighted by atomic mass is 35.5. The quantitative estimate of drug-likeness (QED) is 0.774. The highest BCUT2D eigenvalue weighted by Crippen LogP contribution is 2.16. The van der Waals surface area contributed by atoms with Crippen LogP contribution in [-0.2, 0) is 0 Å². The van der Waals surface area contributed by atoms with Crippen molar-refractivity contribution in [3.05, 3.63) is 24.7 Å². The van der Waals surface area contributed by atoms with Crippen LogP contribution < -0.4 is 10.6 Å². The van der Waals surface area contributed by atoms with E-state index in [4.69, 9.17) is 0 Å². The molecule has 2 aromatic heterocycles. The fourth-order valence-corrected chi connectivity index (χ4v) is 1.94. The Bertz CT molecular complexity index is 480. The Hall–Kier alpha value is -1.66. The number of aromatic amines is 1. The van der Waals surface area contributed by atoms with Crippen LogP contribution in [0.2, 0.25) is 0 Å². The SMILES string of the molecule is Cl.c1cc(-c2cn[nH]c2)nc(NC2CCNC2)n1. The Morgan fingerprint density at radius 2 is 2.33 bits per heavy atom. The van der Waals surface area contributed by atoms with Crippen LogP contribution in [0.15, 0.2) is 24.7 Å². The number of nitrogens with one attached hydrogen (secondary N) is 3. The molecule has 2 aromatic rings. The maximum Gasteiger partial charge on any atom is 0.223 e. The standard InChI is InChI=1S/C11H14N6.ClH/c1-3-12-7-9(1)16-11-13-4-2-10(17-11)8-5-14-15-6-8;/h2,4-6,9,12H,1,3,7H2,(H,14,15)(H,13,16,17);1H. The summed E-state index contributed by atoms with van der Waals surface area (Å²) in [5, 5.41) is 13.3. The van der Waals surface area contributed by atoms with E-state index >= 15 is 0 Å². The summed E-state index contributed by atoms with van der Waals surface area (Å²) in [6, 6.07) is 2.30. The van der Waals surface area contributed by atoms with Crippen LogP contribution in [-0.4, -0.2) is 39.3 Å². The first-order valence-corrected chi connectivity index (χ1v) is 5.71. The van der Waals surface area contributed by atoms with Gasteiger partial charge < -0.3 is 10.6 Å². The van der Waals surface area contributed by atoms with Crippen LogP contribution in [0.25, 0.3) is 11.3 Å². The third-order valence-corrected chi connectivity index (χ3v) is 2.84. The van der Waals surface area contributed by atoms with Gasteiger partial charge in [-0.15, -0.1) is 12.4 Å². The Kier molecular flexibility index (Phi) is 4.11. The molecule has 0 amide bonds. The van der Waals surface area contributed by atoms with Gasteiger partial charge in [0.05, 0.1) is 11.9 Å². The molecule has 0 aromatic carbocycles. The summed E-state index contributed by atoms with van der Waals surface area (Å²) in [5.74, 6) is 0.678. The molecule has 0 bridgehead atoms. The summed E-state index contributed by atoms with van der Waals surface area (Å²) in [6.45, 7) is 2.03. The molecular weight excluding hydrogens is 252 g/mol. The van der Waals surface area contributed by atoms with E-state index in [0.29, 0.717) is 12.0 Å². The van der Waals surface area contributed by atoms with E-state index in [1.165, 1.54) is 0 Å². The molecule has 3 rings (SSSR count). The first-order chi connectivity index (χ1) is 8.42. The number of aromatic nitrogens is 4. The fraction of sp³-hybridized carbons (Fsp3) is 0.364. The Labute approximate surface area is 111 Å². The van der Waals surface area contributed by atoms with Crippen molar-refractivity contribution in [2.45, 2.75) is 12.5 Å². The zero-order chi connectivity index (χ0) is 11.5. The van der Waals surface area contributed by atoms with Gasteiger partial charge in [-0.2, -0.15) is 5.10 Å². The van der Waals surface area contributed by atoms with Crippen LogP contribution in [0.3, 0.4) is 0 Å². The van der Waals surface area contributed by atoms with Gasteiger partial charge in [-0.25, -0.2) is 9.97 Å². The molecule has 0 saturated carbocycles. The lowest BCUT2D eigenvalue weighted by molar-refractivity contribution is 0.781. The molecule has 96 valence electrons. The second-order valence-corrected chi connectivity index (χ2v) is 4.09. The predicted molar refractivity (Wildman–Crippen MR) is 71.8 cm³/mol. The van der Waals surface area contributed by atoms with Gasteiger partial charge in [-0.1, -0.05) is 0 Å². The highest BCUT2D eigenvalue weighted by Gasteiger charge is 2.15. The van der Waals surface area contributed by atoms with Crippen molar-refractivity contribution >= 4 is 18.4 Å². The molecule has 1 aliphatic heterocycles. The zero-order valence-electron chi connectivity index (χ0n) is 9.76. The van der Waals surface area contributed by atoms with E-state index in [2.05, 4.69) is 30.8 Å². The molecule has 0 spiro atoms. The first kappa shape index (κ1) is 12.8. The topological polar surface area (TPSA) is 78.5 Å². The molecule has 0 aliphatic carbocycles. The number of rotatable bonds is 3. The van der Waals surface area contributed by atoms with E-state index in [1.54, 1.807) is 12.4 Å². The molecule has 1 aliphatic rings. The third-order valence-electron chi connectivity index (χ3n) is 2.84. The molecule has 1 atom stereocenters. The molecule has 18 heavy (non-hydrogen) atoms. The maximum absolute atomic E-state index is 4.47. The molecule has 1 unspecified atom stereocenters. The number of nitrogens with zero attached hydrogens (tertiary/aromatic N) is 3. The predicted octanol–water partition coefficient (Wildman–Crippen LogP) is 1.06. The van der Waals surface area contributed by atoms with Gasteiger partial charge in [0.15, 0.2) is 0 Å². The van der Waals surface area contributed by atoms with E-state index < -0.39 is 0 Å². The van der Waals surface area contributed by atoms with Gasteiger partial charge in [-0.3, -0.25) is 5.10 Å². The summed E-state index contributed by atoms with van der Waals surface area (Å²) < 4.78 is 0. The molecule has 1 saturated heterocycles. The monoisotopic (exact) mass is 266 g/mol. The molecule has 0 radical (unpaired) electrons. The highest BCUT2D eigenvalue weighted by molar-refractivity contribution is 5.85. The average Bonchev–Trinajstić information content (AvgIpc) is 3.01. The minimum absolute atomic E-state index is 0. The van der Waals surface area contributed by atoms with Gasteiger partial charge in [0, 0.05) is 30.5 Å². The normalized spacial score (nSPS) is 18.3. The second kappa shape index (κ2) is 5.79.